The molecule has 1 aromatic carbocycles. The minimum absolute atomic E-state index is 0.658. The number of benzene rings is 1. The van der Waals surface area contributed by atoms with Gasteiger partial charge in [0, 0.05) is 11.3 Å². The van der Waals surface area contributed by atoms with Crippen molar-refractivity contribution >= 4 is 16.9 Å². The monoisotopic (exact) mass is 321 g/mol. The molecule has 0 radical (unpaired) electrons. The minimum Gasteiger partial charge on any atom is -0.497 e. The summed E-state index contributed by atoms with van der Waals surface area (Å²) in [5, 5.41) is 12.7. The summed E-state index contributed by atoms with van der Waals surface area (Å²) < 4.78 is 7.58. The lowest BCUT2D eigenvalue weighted by Crippen LogP contribution is -2.46. The van der Waals surface area contributed by atoms with E-state index in [-0.39, 0.29) is 0 Å². The second kappa shape index (κ2) is 6.50. The molecule has 0 bridgehead atoms. The molecular formula is C17H25N2O2S+. The topological polar surface area (TPSA) is 35.7 Å². The minimum atomic E-state index is -0.923. The second-order valence-electron chi connectivity index (χ2n) is 5.96. The number of nitrogens with zero attached hydrogens (tertiary/aromatic N) is 2. The number of thioether (sulfide) groups is 1. The first kappa shape index (κ1) is 15.7. The van der Waals surface area contributed by atoms with E-state index in [9.17, 15) is 5.11 Å². The molecule has 120 valence electrons. The molecule has 5 heteroatoms. The molecule has 2 aliphatic heterocycles. The van der Waals surface area contributed by atoms with Crippen molar-refractivity contribution in [3.63, 3.8) is 0 Å². The Balaban J connectivity index is 1.92. The molecule has 1 atom stereocenters. The Morgan fingerprint density at radius 1 is 1.36 bits per heavy atom. The van der Waals surface area contributed by atoms with Gasteiger partial charge in [-0.3, -0.25) is 0 Å². The first-order valence-corrected chi connectivity index (χ1v) is 9.07. The maximum Gasteiger partial charge on any atom is 0.311 e. The van der Waals surface area contributed by atoms with E-state index in [1.165, 1.54) is 11.6 Å². The highest BCUT2D eigenvalue weighted by molar-refractivity contribution is 8.13. The summed E-state index contributed by atoms with van der Waals surface area (Å²) in [6.07, 6.45) is 3.41. The second-order valence-corrected chi connectivity index (χ2v) is 7.02. The van der Waals surface area contributed by atoms with Crippen molar-refractivity contribution in [2.24, 2.45) is 0 Å². The summed E-state index contributed by atoms with van der Waals surface area (Å²) in [6, 6.07) is 7.84. The van der Waals surface area contributed by atoms with E-state index in [1.807, 2.05) is 36.0 Å². The number of methoxy groups -OCH3 is 1. The van der Waals surface area contributed by atoms with Gasteiger partial charge in [-0.2, -0.15) is 0 Å². The predicted octanol–water partition coefficient (Wildman–Crippen LogP) is 2.46. The molecule has 0 unspecified atom stereocenters. The number of ether oxygens (including phenoxy) is 1. The number of hydrogen-bond acceptors (Lipinski definition) is 4. The molecule has 22 heavy (non-hydrogen) atoms. The Kier molecular flexibility index (Phi) is 4.64. The Morgan fingerprint density at radius 3 is 2.82 bits per heavy atom. The zero-order valence-corrected chi connectivity index (χ0v) is 14.2. The Hall–Kier alpha value is -1.20. The fraction of sp³-hybridized carbons (Fsp3) is 0.588. The first-order valence-electron chi connectivity index (χ1n) is 8.08. The highest BCUT2D eigenvalue weighted by atomic mass is 32.2. The summed E-state index contributed by atoms with van der Waals surface area (Å²) in [5.74, 6) is 1.97. The van der Waals surface area contributed by atoms with Gasteiger partial charge in [-0.25, -0.2) is 9.48 Å². The highest BCUT2D eigenvalue weighted by Crippen LogP contribution is 2.36. The van der Waals surface area contributed by atoms with Crippen molar-refractivity contribution in [1.82, 2.24) is 4.90 Å². The Bertz CT molecular complexity index is 558. The van der Waals surface area contributed by atoms with E-state index in [4.69, 9.17) is 4.74 Å². The van der Waals surface area contributed by atoms with Crippen LogP contribution in [0.25, 0.3) is 0 Å². The maximum atomic E-state index is 11.5. The summed E-state index contributed by atoms with van der Waals surface area (Å²) in [5.41, 5.74) is 0.0283. The van der Waals surface area contributed by atoms with Crippen LogP contribution in [0.15, 0.2) is 24.3 Å². The summed E-state index contributed by atoms with van der Waals surface area (Å²) >= 11 is 1.88. The van der Waals surface area contributed by atoms with Crippen molar-refractivity contribution in [1.29, 1.82) is 0 Å². The third kappa shape index (κ3) is 2.72. The molecule has 1 N–H and O–H groups in total. The molecule has 0 spiro atoms. The molecule has 1 aromatic rings. The van der Waals surface area contributed by atoms with Crippen LogP contribution in [0.4, 0.5) is 0 Å². The Morgan fingerprint density at radius 2 is 2.14 bits per heavy atom. The molecule has 0 saturated heterocycles. The van der Waals surface area contributed by atoms with Gasteiger partial charge >= 0.3 is 5.17 Å². The maximum absolute atomic E-state index is 11.5. The zero-order chi connectivity index (χ0) is 15.6. The first-order chi connectivity index (χ1) is 10.7. The van der Waals surface area contributed by atoms with Crippen LogP contribution in [0.1, 0.15) is 31.7 Å². The van der Waals surface area contributed by atoms with Crippen LogP contribution in [0.5, 0.6) is 5.75 Å². The standard InChI is InChI=1S/C17H25N2O2S/c1-3-4-11-19-16-18(10-5-12-22-16)13-17(19,20)14-6-8-15(21-2)9-7-14/h6-9,20H,3-5,10-13H2,1-2H3/q+1/t17-/m0/s1. The fourth-order valence-electron chi connectivity index (χ4n) is 3.21. The van der Waals surface area contributed by atoms with E-state index in [0.717, 1.165) is 43.0 Å². The largest absolute Gasteiger partial charge is 0.497 e. The van der Waals surface area contributed by atoms with Gasteiger partial charge in [-0.15, -0.1) is 0 Å². The molecule has 3 rings (SSSR count). The van der Waals surface area contributed by atoms with Crippen LogP contribution >= 0.6 is 11.8 Å². The van der Waals surface area contributed by atoms with Gasteiger partial charge in [0.1, 0.15) is 5.75 Å². The van der Waals surface area contributed by atoms with Crippen LogP contribution in [0.3, 0.4) is 0 Å². The predicted molar refractivity (Wildman–Crippen MR) is 90.6 cm³/mol. The molecule has 0 aromatic heterocycles. The van der Waals surface area contributed by atoms with Crippen molar-refractivity contribution in [3.05, 3.63) is 29.8 Å². The normalized spacial score (nSPS) is 24.6. The zero-order valence-electron chi connectivity index (χ0n) is 13.4. The van der Waals surface area contributed by atoms with Gasteiger partial charge in [0.15, 0.2) is 6.54 Å². The third-order valence-corrected chi connectivity index (χ3v) is 5.68. The molecule has 0 amide bonds. The van der Waals surface area contributed by atoms with Crippen molar-refractivity contribution in [2.75, 3.05) is 32.5 Å². The van der Waals surface area contributed by atoms with E-state index >= 15 is 0 Å². The third-order valence-electron chi connectivity index (χ3n) is 4.45. The van der Waals surface area contributed by atoms with Crippen molar-refractivity contribution < 1.29 is 14.4 Å². The van der Waals surface area contributed by atoms with Gasteiger partial charge in [0.05, 0.1) is 20.2 Å². The van der Waals surface area contributed by atoms with Crippen LogP contribution in [-0.2, 0) is 5.72 Å². The van der Waals surface area contributed by atoms with Gasteiger partial charge in [0.25, 0.3) is 5.72 Å². The van der Waals surface area contributed by atoms with Gasteiger partial charge in [-0.05, 0) is 48.9 Å². The lowest BCUT2D eigenvalue weighted by atomic mass is 10.0. The van der Waals surface area contributed by atoms with Gasteiger partial charge < -0.3 is 9.84 Å². The van der Waals surface area contributed by atoms with Crippen LogP contribution in [0.2, 0.25) is 0 Å². The van der Waals surface area contributed by atoms with Gasteiger partial charge in [-0.1, -0.05) is 13.3 Å². The van der Waals surface area contributed by atoms with Gasteiger partial charge in [0.2, 0.25) is 0 Å². The average molecular weight is 321 g/mol. The Labute approximate surface area is 136 Å². The average Bonchev–Trinajstić information content (AvgIpc) is 2.85. The summed E-state index contributed by atoms with van der Waals surface area (Å²) in [6.45, 7) is 4.80. The van der Waals surface area contributed by atoms with E-state index in [2.05, 4.69) is 16.4 Å². The SMILES string of the molecule is CCCCN1C2=[N+](CCCS2)C[C@]1(O)c1ccc(OC)cc1. The smallest absolute Gasteiger partial charge is 0.311 e. The van der Waals surface area contributed by atoms with E-state index < -0.39 is 5.72 Å². The fourth-order valence-corrected chi connectivity index (χ4v) is 4.41. The lowest BCUT2D eigenvalue weighted by Gasteiger charge is -2.28. The van der Waals surface area contributed by atoms with Crippen molar-refractivity contribution in [3.8, 4) is 5.75 Å². The lowest BCUT2D eigenvalue weighted by molar-refractivity contribution is -0.532. The molecule has 0 saturated carbocycles. The number of unbranched alkanes of at least 4 members (excludes halogenated alkanes) is 1. The molecule has 2 heterocycles. The molecule has 2 aliphatic rings. The van der Waals surface area contributed by atoms with E-state index in [1.54, 1.807) is 7.11 Å². The quantitative estimate of drug-likeness (QED) is 0.845. The molecule has 4 nitrogen and oxygen atoms in total. The number of amidine groups is 1. The number of rotatable bonds is 5. The highest BCUT2D eigenvalue weighted by Gasteiger charge is 2.53. The number of aliphatic hydroxyl groups is 1. The van der Waals surface area contributed by atoms with Crippen LogP contribution in [0, 0.1) is 0 Å². The summed E-state index contributed by atoms with van der Waals surface area (Å²) in [4.78, 5) is 2.21. The van der Waals surface area contributed by atoms with Crippen molar-refractivity contribution in [2.45, 2.75) is 31.9 Å². The molecular weight excluding hydrogens is 296 g/mol. The summed E-state index contributed by atoms with van der Waals surface area (Å²) in [7, 11) is 1.67. The van der Waals surface area contributed by atoms with Crippen LogP contribution in [-0.4, -0.2) is 52.2 Å². The molecule has 0 aliphatic carbocycles. The van der Waals surface area contributed by atoms with E-state index in [0.29, 0.717) is 6.54 Å². The molecule has 0 fully saturated rings. The number of hydrogen-bond donors (Lipinski definition) is 1. The van der Waals surface area contributed by atoms with Crippen LogP contribution < -0.4 is 4.74 Å².